The quantitative estimate of drug-likeness (QED) is 0.0128. The fraction of sp³-hybridized carbons (Fsp3) is 0.720. The topological polar surface area (TPSA) is 387 Å². The number of rotatable bonds is 27. The first-order valence-electron chi connectivity index (χ1n) is 28.8. The number of hydroxylamine groups is 6. The lowest BCUT2D eigenvalue weighted by atomic mass is 10.0. The Morgan fingerprint density at radius 2 is 0.988 bits per heavy atom. The van der Waals surface area contributed by atoms with E-state index in [4.69, 9.17) is 16.0 Å². The van der Waals surface area contributed by atoms with Crippen LogP contribution in [0, 0.1) is 0 Å². The molecule has 6 saturated heterocycles. The number of aromatic nitrogens is 6. The summed E-state index contributed by atoms with van der Waals surface area (Å²) in [5.74, 6) is -0.0556. The number of amides is 6. The molecule has 6 fully saturated rings. The van der Waals surface area contributed by atoms with Crippen molar-refractivity contribution >= 4 is 78.9 Å². The summed E-state index contributed by atoms with van der Waals surface area (Å²) >= 11 is 4.15. The van der Waals surface area contributed by atoms with Crippen molar-refractivity contribution < 1.29 is 58.6 Å². The predicted octanol–water partition coefficient (Wildman–Crippen LogP) is 5.98. The van der Waals surface area contributed by atoms with Gasteiger partial charge < -0.3 is 45.8 Å². The molecule has 85 heavy (non-hydrogen) atoms. The monoisotopic (exact) mass is 1290 g/mol. The number of quaternary nitrogens is 1. The maximum Gasteiger partial charge on any atom is 0.418 e. The summed E-state index contributed by atoms with van der Waals surface area (Å²) in [6.45, 7) is 28.7. The first-order chi connectivity index (χ1) is 40.3. The van der Waals surface area contributed by atoms with Crippen LogP contribution < -0.4 is 22.1 Å². The average molecular weight is 1290 g/mol. The molecule has 0 radical (unpaired) electrons. The van der Waals surface area contributed by atoms with E-state index in [1.54, 1.807) is 4.90 Å². The van der Waals surface area contributed by atoms with E-state index in [-0.39, 0.29) is 55.8 Å². The van der Waals surface area contributed by atoms with Crippen molar-refractivity contribution in [2.24, 2.45) is 16.5 Å². The number of carbonyl (C=O) groups is 3. The highest BCUT2D eigenvalue weighted by Crippen LogP contribution is 2.42. The van der Waals surface area contributed by atoms with Gasteiger partial charge in [-0.1, -0.05) is 101 Å². The first-order valence-corrected chi connectivity index (χ1v) is 33.9. The average Bonchev–Trinajstić information content (AvgIpc) is 3.32. The predicted molar refractivity (Wildman–Crippen MR) is 316 cm³/mol. The minimum absolute atomic E-state index is 0.0556. The summed E-state index contributed by atoms with van der Waals surface area (Å²) in [6, 6.07) is -3.26. The zero-order chi connectivity index (χ0) is 62.2. The molecule has 9 heterocycles. The third-order valence-electron chi connectivity index (χ3n) is 15.1. The normalized spacial score (nSPS) is 21.7. The standard InChI is InChI=1S/C16H36N.C12H17N5O5S2.C12H17N5O2S.C10H15N7O5S2/c1-5-9-13-17(14-10-6-2,15-11-7-3)16-12-8-4;1-7(2)13-5-10-14-15-11(23-10)9-4-3-8-6-16(9)12(18)17(8)22-24(19,20)21;1-7(2)13-5-10-14-15-11(20-10)9-4-3-8-6-16(9)12(18)17(8)19;11-9(12)13-3-7-14-15-8(23-7)6-2-1-5-4-16(6)10(18)17(5)22-24(19,20)21/h5-16H2,1-4H3;8-9,13H,1,3-6H2,2H3,(H,19,20,21);8-9,13,19H,1,3-6H2,2H3;5-6H,1-4H2,(H4,11,12,13)(H,19,20,21)/q+1;;;/p-1/t;2*8-,9+;5-,6+/m.111/s1. The van der Waals surface area contributed by atoms with Gasteiger partial charge >= 0.3 is 28.5 Å². The van der Waals surface area contributed by atoms with E-state index >= 15 is 0 Å². The molecule has 6 aliphatic heterocycles. The van der Waals surface area contributed by atoms with Crippen molar-refractivity contribution in [2.45, 2.75) is 187 Å². The van der Waals surface area contributed by atoms with Gasteiger partial charge in [0.1, 0.15) is 30.0 Å². The number of nitrogens with two attached hydrogens (primary N) is 2. The second-order valence-electron chi connectivity index (χ2n) is 21.8. The molecule has 30 nitrogen and oxygen atoms in total. The van der Waals surface area contributed by atoms with Gasteiger partial charge in [0.05, 0.1) is 82.1 Å². The SMILES string of the molecule is C=C(C)NCc1nnc([C@@H]2CC[C@@H]3CN2C(=O)N3O)s1.C=C(C)NCc1nnc([C@@H]2CC[C@@H]3CN2C(=O)N3OS(=O)(=O)[O-])s1.CCCC[N+](CCCC)(CCCC)CCCC.NC(N)=NCc1nnc([C@@H]2CC[C@@H]3CN2C(=O)N3OS(=O)(=O)O)s1. The van der Waals surface area contributed by atoms with Gasteiger partial charge in [-0.3, -0.25) is 9.76 Å². The second-order valence-corrected chi connectivity index (χ2v) is 27.0. The number of urea groups is 3. The van der Waals surface area contributed by atoms with Crippen LogP contribution in [0.4, 0.5) is 14.4 Å². The smallest absolute Gasteiger partial charge is 0.418 e. The number of allylic oxidation sites excluding steroid dienone is 2. The lowest BCUT2D eigenvalue weighted by Crippen LogP contribution is -2.50. The molecule has 6 bridgehead atoms. The molecule has 35 heteroatoms. The number of piperidine rings is 3. The van der Waals surface area contributed by atoms with Gasteiger partial charge in [-0.2, -0.15) is 22.8 Å². The summed E-state index contributed by atoms with van der Waals surface area (Å²) in [6.07, 6.45) is 14.9. The number of hydrogen-bond donors (Lipinski definition) is 6. The zero-order valence-electron chi connectivity index (χ0n) is 49.3. The van der Waals surface area contributed by atoms with Crippen LogP contribution in [-0.2, 0) is 49.0 Å². The second kappa shape index (κ2) is 31.4. The van der Waals surface area contributed by atoms with Crippen molar-refractivity contribution in [2.75, 3.05) is 45.8 Å². The summed E-state index contributed by atoms with van der Waals surface area (Å²) in [7, 11) is -9.74. The van der Waals surface area contributed by atoms with Gasteiger partial charge in [-0.15, -0.1) is 34.9 Å². The minimum atomic E-state index is -4.99. The van der Waals surface area contributed by atoms with Crippen molar-refractivity contribution in [3.63, 3.8) is 0 Å². The van der Waals surface area contributed by atoms with E-state index in [2.05, 4.69) is 95.6 Å². The van der Waals surface area contributed by atoms with Crippen LogP contribution in [0.2, 0.25) is 0 Å². The molecule has 476 valence electrons. The summed E-state index contributed by atoms with van der Waals surface area (Å²) in [5, 5.41) is 47.0. The Morgan fingerprint density at radius 1 is 0.624 bits per heavy atom. The Balaban J connectivity index is 0.000000183. The van der Waals surface area contributed by atoms with E-state index in [1.165, 1.54) is 126 Å². The molecule has 9 rings (SSSR count). The summed E-state index contributed by atoms with van der Waals surface area (Å²) in [5.41, 5.74) is 12.2. The molecule has 3 aromatic rings. The number of unbranched alkanes of at least 4 members (excludes halogenated alkanes) is 4. The van der Waals surface area contributed by atoms with Crippen LogP contribution in [0.1, 0.15) is 180 Å². The molecule has 3 aromatic heterocycles. The Bertz CT molecular complexity index is 2940. The van der Waals surface area contributed by atoms with Crippen LogP contribution >= 0.6 is 34.0 Å². The third-order valence-corrected chi connectivity index (χ3v) is 18.8. The maximum absolute atomic E-state index is 12.3. The Labute approximate surface area is 510 Å². The van der Waals surface area contributed by atoms with Gasteiger partial charge in [0.25, 0.3) is 0 Å². The van der Waals surface area contributed by atoms with Crippen LogP contribution in [-0.4, -0.2) is 184 Å². The lowest BCUT2D eigenvalue weighted by Gasteiger charge is -2.39. The highest BCUT2D eigenvalue weighted by atomic mass is 32.3. The molecule has 6 atom stereocenters. The van der Waals surface area contributed by atoms with Gasteiger partial charge in [0.2, 0.25) is 10.4 Å². The number of guanidine groups is 1. The van der Waals surface area contributed by atoms with Crippen molar-refractivity contribution in [3.05, 3.63) is 54.6 Å². The first kappa shape index (κ1) is 68.6. The molecule has 0 spiro atoms. The zero-order valence-corrected chi connectivity index (χ0v) is 53.4. The number of nitrogens with zero attached hydrogens (tertiary/aromatic N) is 14. The molecule has 0 aliphatic carbocycles. The molecule has 0 saturated carbocycles. The van der Waals surface area contributed by atoms with Gasteiger partial charge in [0, 0.05) is 31.0 Å². The third kappa shape index (κ3) is 19.5. The van der Waals surface area contributed by atoms with E-state index in [1.807, 2.05) is 13.8 Å². The van der Waals surface area contributed by atoms with Gasteiger partial charge in [-0.25, -0.2) is 32.9 Å². The van der Waals surface area contributed by atoms with E-state index in [9.17, 15) is 41.0 Å². The van der Waals surface area contributed by atoms with Crippen molar-refractivity contribution in [3.8, 4) is 0 Å². The number of aliphatic imine (C=N–C) groups is 1. The Kier molecular flexibility index (Phi) is 25.4. The summed E-state index contributed by atoms with van der Waals surface area (Å²) < 4.78 is 72.9. The highest BCUT2D eigenvalue weighted by Gasteiger charge is 2.50. The van der Waals surface area contributed by atoms with Gasteiger partial charge in [-0.05, 0) is 78.1 Å². The lowest BCUT2D eigenvalue weighted by molar-refractivity contribution is -0.929. The molecule has 8 N–H and O–H groups in total. The Morgan fingerprint density at radius 3 is 1.36 bits per heavy atom. The van der Waals surface area contributed by atoms with Crippen LogP contribution in [0.5, 0.6) is 0 Å². The fourth-order valence-corrected chi connectivity index (χ4v) is 14.3. The maximum atomic E-state index is 12.3. The van der Waals surface area contributed by atoms with Crippen LogP contribution in [0.15, 0.2) is 29.5 Å². The molecule has 0 unspecified atom stereocenters. The van der Waals surface area contributed by atoms with E-state index in [0.717, 1.165) is 44.3 Å². The highest BCUT2D eigenvalue weighted by molar-refractivity contribution is 7.81. The minimum Gasteiger partial charge on any atom is -0.724 e. The number of nitrogens with one attached hydrogen (secondary N) is 2. The number of hydrogen-bond acceptors (Lipinski definition) is 23. The van der Waals surface area contributed by atoms with Gasteiger partial charge in [0.15, 0.2) is 5.96 Å². The van der Waals surface area contributed by atoms with Crippen LogP contribution in [0.3, 0.4) is 0 Å². The molecule has 6 amide bonds. The van der Waals surface area contributed by atoms with E-state index < -0.39 is 44.9 Å². The van der Waals surface area contributed by atoms with Crippen LogP contribution in [0.25, 0.3) is 0 Å². The molecule has 6 aliphatic rings. The number of fused-ring (bicyclic) bond motifs is 6. The Hall–Kier alpha value is -5.50. The molecule has 0 aromatic carbocycles. The largest absolute Gasteiger partial charge is 0.724 e. The van der Waals surface area contributed by atoms with E-state index in [0.29, 0.717) is 70.5 Å². The number of carbonyl (C=O) groups excluding carboxylic acids is 3. The fourth-order valence-electron chi connectivity index (χ4n) is 10.7. The molecular weight excluding hydrogens is 1200 g/mol. The van der Waals surface area contributed by atoms with Crippen molar-refractivity contribution in [1.29, 1.82) is 0 Å². The molecular formula is C50H84N18O12S5. The van der Waals surface area contributed by atoms with Crippen molar-refractivity contribution in [1.82, 2.24) is 71.1 Å². The summed E-state index contributed by atoms with van der Waals surface area (Å²) in [4.78, 5) is 45.0.